The maximum Gasteiger partial charge on any atom is 0.354 e. The molecule has 5 heteroatoms. The number of nitrogens with two attached hydrogens (primary N) is 1. The second kappa shape index (κ2) is 4.76. The van der Waals surface area contributed by atoms with E-state index in [9.17, 15) is 4.79 Å². The molecular formula is C16H12N4O. The molecule has 0 spiro atoms. The normalized spacial score (nSPS) is 10.5. The van der Waals surface area contributed by atoms with Crippen LogP contribution in [0.1, 0.15) is 11.1 Å². The van der Waals surface area contributed by atoms with Gasteiger partial charge in [0, 0.05) is 5.39 Å². The summed E-state index contributed by atoms with van der Waals surface area (Å²) in [6.07, 6.45) is 0. The second-order valence-corrected chi connectivity index (χ2v) is 4.80. The van der Waals surface area contributed by atoms with Gasteiger partial charge in [-0.05, 0) is 42.8 Å². The smallest absolute Gasteiger partial charge is 0.354 e. The Bertz CT molecular complexity index is 951. The summed E-state index contributed by atoms with van der Waals surface area (Å²) < 4.78 is 1.47. The first-order valence-corrected chi connectivity index (χ1v) is 6.39. The van der Waals surface area contributed by atoms with Crippen LogP contribution in [0.4, 0.5) is 5.82 Å². The van der Waals surface area contributed by atoms with E-state index in [4.69, 9.17) is 11.0 Å². The zero-order valence-corrected chi connectivity index (χ0v) is 11.4. The first-order valence-electron chi connectivity index (χ1n) is 6.39. The van der Waals surface area contributed by atoms with Crippen molar-refractivity contribution in [3.63, 3.8) is 0 Å². The van der Waals surface area contributed by atoms with Crippen molar-refractivity contribution < 1.29 is 0 Å². The Labute approximate surface area is 120 Å². The van der Waals surface area contributed by atoms with Crippen LogP contribution in [-0.4, -0.2) is 9.55 Å². The predicted octanol–water partition coefficient (Wildman–Crippen LogP) is 2.15. The van der Waals surface area contributed by atoms with Crippen LogP contribution in [0.2, 0.25) is 0 Å². The number of nitriles is 1. The molecular weight excluding hydrogens is 264 g/mol. The molecule has 1 heterocycles. The number of anilines is 1. The van der Waals surface area contributed by atoms with Crippen molar-refractivity contribution >= 4 is 16.7 Å². The molecule has 1 aromatic heterocycles. The summed E-state index contributed by atoms with van der Waals surface area (Å²) in [5.74, 6) is 0.211. The second-order valence-electron chi connectivity index (χ2n) is 4.80. The quantitative estimate of drug-likeness (QED) is 0.738. The standard InChI is InChI=1S/C16H12N4O/c1-10-5-6-13-14(7-10)20(16(21)19-15(13)18)12-4-2-3-11(8-12)9-17/h2-8H,1H3,(H2,18,19,21). The third kappa shape index (κ3) is 2.13. The molecule has 0 saturated carbocycles. The van der Waals surface area contributed by atoms with Crippen molar-refractivity contribution in [2.75, 3.05) is 5.73 Å². The van der Waals surface area contributed by atoms with Gasteiger partial charge in [0.05, 0.1) is 22.8 Å². The van der Waals surface area contributed by atoms with Gasteiger partial charge in [0.2, 0.25) is 0 Å². The SMILES string of the molecule is Cc1ccc2c(N)nc(=O)n(-c3cccc(C#N)c3)c2c1. The minimum Gasteiger partial charge on any atom is -0.383 e. The summed E-state index contributed by atoms with van der Waals surface area (Å²) in [6.45, 7) is 1.94. The van der Waals surface area contributed by atoms with Crippen LogP contribution in [0.5, 0.6) is 0 Å². The fourth-order valence-electron chi connectivity index (χ4n) is 2.32. The molecule has 0 bridgehead atoms. The van der Waals surface area contributed by atoms with E-state index in [2.05, 4.69) is 11.1 Å². The van der Waals surface area contributed by atoms with E-state index in [-0.39, 0.29) is 5.82 Å². The fraction of sp³-hybridized carbons (Fsp3) is 0.0625. The highest BCUT2D eigenvalue weighted by Crippen LogP contribution is 2.21. The van der Waals surface area contributed by atoms with Gasteiger partial charge in [0.15, 0.2) is 0 Å². The van der Waals surface area contributed by atoms with E-state index in [0.29, 0.717) is 22.2 Å². The molecule has 0 saturated heterocycles. The van der Waals surface area contributed by atoms with E-state index in [0.717, 1.165) is 5.56 Å². The molecule has 3 rings (SSSR count). The highest BCUT2D eigenvalue weighted by atomic mass is 16.1. The Hall–Kier alpha value is -3.13. The number of aromatic nitrogens is 2. The summed E-state index contributed by atoms with van der Waals surface area (Å²) in [5.41, 5.74) is 8.15. The minimum absolute atomic E-state index is 0.211. The third-order valence-electron chi connectivity index (χ3n) is 3.31. The summed E-state index contributed by atoms with van der Waals surface area (Å²) in [4.78, 5) is 16.1. The van der Waals surface area contributed by atoms with E-state index in [1.807, 2.05) is 25.1 Å². The van der Waals surface area contributed by atoms with E-state index >= 15 is 0 Å². The maximum atomic E-state index is 12.3. The minimum atomic E-state index is -0.458. The van der Waals surface area contributed by atoms with Gasteiger partial charge >= 0.3 is 5.69 Å². The molecule has 0 fully saturated rings. The van der Waals surface area contributed by atoms with Crippen molar-refractivity contribution in [2.45, 2.75) is 6.92 Å². The van der Waals surface area contributed by atoms with Gasteiger partial charge in [-0.25, -0.2) is 4.79 Å². The number of fused-ring (bicyclic) bond motifs is 1. The van der Waals surface area contributed by atoms with Crippen LogP contribution < -0.4 is 11.4 Å². The molecule has 3 aromatic rings. The van der Waals surface area contributed by atoms with E-state index < -0.39 is 5.69 Å². The van der Waals surface area contributed by atoms with Crippen LogP contribution >= 0.6 is 0 Å². The van der Waals surface area contributed by atoms with Crippen LogP contribution in [0, 0.1) is 18.3 Å². The Kier molecular flexibility index (Phi) is 2.92. The molecule has 21 heavy (non-hydrogen) atoms. The van der Waals surface area contributed by atoms with Crippen LogP contribution in [0.3, 0.4) is 0 Å². The molecule has 0 amide bonds. The van der Waals surface area contributed by atoms with Gasteiger partial charge in [-0.15, -0.1) is 0 Å². The summed E-state index contributed by atoms with van der Waals surface area (Å²) >= 11 is 0. The van der Waals surface area contributed by atoms with Crippen molar-refractivity contribution in [2.24, 2.45) is 0 Å². The molecule has 2 N–H and O–H groups in total. The first kappa shape index (κ1) is 12.9. The van der Waals surface area contributed by atoms with Crippen molar-refractivity contribution in [1.82, 2.24) is 9.55 Å². The molecule has 0 aliphatic rings. The largest absolute Gasteiger partial charge is 0.383 e. The molecule has 0 unspecified atom stereocenters. The predicted molar refractivity (Wildman–Crippen MR) is 81.2 cm³/mol. The van der Waals surface area contributed by atoms with Crippen molar-refractivity contribution in [3.8, 4) is 11.8 Å². The molecule has 0 radical (unpaired) electrons. The summed E-state index contributed by atoms with van der Waals surface area (Å²) in [5, 5.41) is 9.72. The van der Waals surface area contributed by atoms with Crippen molar-refractivity contribution in [1.29, 1.82) is 5.26 Å². The monoisotopic (exact) mass is 276 g/mol. The summed E-state index contributed by atoms with van der Waals surface area (Å²) in [7, 11) is 0. The molecule has 0 aliphatic heterocycles. The topological polar surface area (TPSA) is 84.7 Å². The highest BCUT2D eigenvalue weighted by molar-refractivity contribution is 5.89. The number of nitrogen functional groups attached to an aromatic ring is 1. The summed E-state index contributed by atoms with van der Waals surface area (Å²) in [6, 6.07) is 14.6. The Morgan fingerprint density at radius 2 is 2.05 bits per heavy atom. The highest BCUT2D eigenvalue weighted by Gasteiger charge is 2.10. The van der Waals surface area contributed by atoms with Gasteiger partial charge in [-0.1, -0.05) is 12.1 Å². The maximum absolute atomic E-state index is 12.3. The average Bonchev–Trinajstić information content (AvgIpc) is 2.47. The zero-order chi connectivity index (χ0) is 15.0. The fourth-order valence-corrected chi connectivity index (χ4v) is 2.32. The molecule has 5 nitrogen and oxygen atoms in total. The van der Waals surface area contributed by atoms with E-state index in [1.54, 1.807) is 24.3 Å². The van der Waals surface area contributed by atoms with Gasteiger partial charge < -0.3 is 5.73 Å². The number of hydrogen-bond donors (Lipinski definition) is 1. The Morgan fingerprint density at radius 1 is 1.24 bits per heavy atom. The third-order valence-corrected chi connectivity index (χ3v) is 3.31. The number of hydrogen-bond acceptors (Lipinski definition) is 4. The molecule has 2 aromatic carbocycles. The lowest BCUT2D eigenvalue weighted by Gasteiger charge is -2.11. The number of benzene rings is 2. The molecule has 102 valence electrons. The first-order chi connectivity index (χ1) is 10.1. The average molecular weight is 276 g/mol. The van der Waals surface area contributed by atoms with Gasteiger partial charge in [-0.3, -0.25) is 4.57 Å². The van der Waals surface area contributed by atoms with Gasteiger partial charge in [-0.2, -0.15) is 10.2 Å². The number of rotatable bonds is 1. The number of aryl methyl sites for hydroxylation is 1. The number of nitrogens with zero attached hydrogens (tertiary/aromatic N) is 3. The Balaban J connectivity index is 2.44. The van der Waals surface area contributed by atoms with Crippen molar-refractivity contribution in [3.05, 3.63) is 64.1 Å². The lowest BCUT2D eigenvalue weighted by atomic mass is 10.1. The van der Waals surface area contributed by atoms with Crippen LogP contribution in [0.15, 0.2) is 47.3 Å². The molecule has 0 atom stereocenters. The lowest BCUT2D eigenvalue weighted by molar-refractivity contribution is 0.963. The zero-order valence-electron chi connectivity index (χ0n) is 11.4. The van der Waals surface area contributed by atoms with Crippen LogP contribution in [-0.2, 0) is 0 Å². The van der Waals surface area contributed by atoms with Gasteiger partial charge in [0.1, 0.15) is 5.82 Å². The van der Waals surface area contributed by atoms with Crippen LogP contribution in [0.25, 0.3) is 16.6 Å². The van der Waals surface area contributed by atoms with Gasteiger partial charge in [0.25, 0.3) is 0 Å². The molecule has 0 aliphatic carbocycles. The Morgan fingerprint density at radius 3 is 2.81 bits per heavy atom. The van der Waals surface area contributed by atoms with E-state index in [1.165, 1.54) is 4.57 Å². The lowest BCUT2D eigenvalue weighted by Crippen LogP contribution is -2.23.